The van der Waals surface area contributed by atoms with E-state index in [9.17, 15) is 14.4 Å². The Morgan fingerprint density at radius 3 is 2.56 bits per heavy atom. The molecule has 0 saturated heterocycles. The van der Waals surface area contributed by atoms with Crippen LogP contribution in [0.3, 0.4) is 0 Å². The van der Waals surface area contributed by atoms with Gasteiger partial charge < -0.3 is 23.9 Å². The number of esters is 2. The van der Waals surface area contributed by atoms with Crippen LogP contribution in [0, 0.1) is 6.92 Å². The van der Waals surface area contributed by atoms with Gasteiger partial charge in [0.25, 0.3) is 5.91 Å². The van der Waals surface area contributed by atoms with E-state index >= 15 is 0 Å². The highest BCUT2D eigenvalue weighted by Gasteiger charge is 2.28. The predicted molar refractivity (Wildman–Crippen MR) is 128 cm³/mol. The maximum absolute atomic E-state index is 12.8. The lowest BCUT2D eigenvalue weighted by molar-refractivity contribution is 0.0506. The van der Waals surface area contributed by atoms with Gasteiger partial charge in [-0.25, -0.2) is 9.59 Å². The van der Waals surface area contributed by atoms with Crippen molar-refractivity contribution in [2.75, 3.05) is 19.0 Å². The van der Waals surface area contributed by atoms with E-state index in [0.29, 0.717) is 33.5 Å². The van der Waals surface area contributed by atoms with E-state index in [1.807, 2.05) is 6.92 Å². The fourth-order valence-electron chi connectivity index (χ4n) is 2.89. The summed E-state index contributed by atoms with van der Waals surface area (Å²) in [5, 5.41) is 3.61. The molecule has 2 aromatic heterocycles. The summed E-state index contributed by atoms with van der Waals surface area (Å²) in [6.07, 6.45) is 0.624. The molecular weight excluding hydrogens is 505 g/mol. The molecule has 0 spiro atoms. The molecule has 0 fully saturated rings. The lowest BCUT2D eigenvalue weighted by Crippen LogP contribution is -2.14. The van der Waals surface area contributed by atoms with Crippen LogP contribution in [0.5, 0.6) is 5.75 Å². The first-order valence-electron chi connectivity index (χ1n) is 10.1. The van der Waals surface area contributed by atoms with Crippen molar-refractivity contribution in [3.63, 3.8) is 0 Å². The second-order valence-corrected chi connectivity index (χ2v) is 8.84. The van der Waals surface area contributed by atoms with Crippen molar-refractivity contribution < 1.29 is 33.0 Å². The van der Waals surface area contributed by atoms with Gasteiger partial charge in [-0.05, 0) is 49.2 Å². The summed E-state index contributed by atoms with van der Waals surface area (Å²) in [7, 11) is 1.23. The molecule has 0 radical (unpaired) electrons. The smallest absolute Gasteiger partial charge is 0.348 e. The first-order valence-corrected chi connectivity index (χ1v) is 11.7. The molecule has 1 amide bonds. The number of carbonyl (C=O) groups is 3. The number of halogens is 2. The average Bonchev–Trinajstić information content (AvgIpc) is 3.41. The van der Waals surface area contributed by atoms with Crippen LogP contribution in [0.1, 0.15) is 55.3 Å². The normalized spacial score (nSPS) is 10.6. The van der Waals surface area contributed by atoms with Crippen LogP contribution in [0.15, 0.2) is 34.7 Å². The number of furan rings is 1. The maximum Gasteiger partial charge on any atom is 0.348 e. The molecule has 0 saturated carbocycles. The third kappa shape index (κ3) is 5.91. The molecule has 34 heavy (non-hydrogen) atoms. The number of amides is 1. The number of hydrogen-bond donors (Lipinski definition) is 1. The Morgan fingerprint density at radius 1 is 1.12 bits per heavy atom. The number of nitrogens with one attached hydrogen (secondary N) is 1. The van der Waals surface area contributed by atoms with E-state index in [0.717, 1.165) is 11.3 Å². The monoisotopic (exact) mass is 525 g/mol. The number of thiophene rings is 1. The zero-order valence-corrected chi connectivity index (χ0v) is 20.9. The highest BCUT2D eigenvalue weighted by molar-refractivity contribution is 7.18. The first-order chi connectivity index (χ1) is 16.2. The summed E-state index contributed by atoms with van der Waals surface area (Å²) >= 11 is 12.9. The number of ether oxygens (including phenoxy) is 3. The Labute approximate surface area is 209 Å². The summed E-state index contributed by atoms with van der Waals surface area (Å²) in [6, 6.07) is 7.86. The number of rotatable bonds is 9. The van der Waals surface area contributed by atoms with Gasteiger partial charge in [-0.1, -0.05) is 30.1 Å². The molecule has 2 heterocycles. The molecule has 1 N–H and O–H groups in total. The Kier molecular flexibility index (Phi) is 8.60. The molecule has 180 valence electrons. The zero-order valence-electron chi connectivity index (χ0n) is 18.5. The Balaban J connectivity index is 1.76. The molecule has 0 unspecified atom stereocenters. The van der Waals surface area contributed by atoms with Crippen LogP contribution < -0.4 is 10.1 Å². The lowest BCUT2D eigenvalue weighted by atomic mass is 10.1. The van der Waals surface area contributed by atoms with Gasteiger partial charge in [-0.3, -0.25) is 4.79 Å². The van der Waals surface area contributed by atoms with Crippen molar-refractivity contribution >= 4 is 57.4 Å². The Hall–Kier alpha value is -3.01. The van der Waals surface area contributed by atoms with E-state index in [1.165, 1.54) is 13.2 Å². The van der Waals surface area contributed by atoms with E-state index in [2.05, 4.69) is 5.32 Å². The zero-order chi connectivity index (χ0) is 24.8. The van der Waals surface area contributed by atoms with Crippen LogP contribution in [0.4, 0.5) is 5.00 Å². The van der Waals surface area contributed by atoms with Gasteiger partial charge in [0.2, 0.25) is 0 Å². The highest BCUT2D eigenvalue weighted by Crippen LogP contribution is 2.35. The molecular formula is C23H21Cl2NO7S. The largest absolute Gasteiger partial charge is 0.484 e. The summed E-state index contributed by atoms with van der Waals surface area (Å²) in [4.78, 5) is 37.7. The molecule has 1 aromatic carbocycles. The maximum atomic E-state index is 12.8. The molecule has 0 atom stereocenters. The van der Waals surface area contributed by atoms with Crippen molar-refractivity contribution in [1.82, 2.24) is 0 Å². The van der Waals surface area contributed by atoms with E-state index in [-0.39, 0.29) is 34.4 Å². The number of anilines is 1. The summed E-state index contributed by atoms with van der Waals surface area (Å²) in [5.74, 6) is -1.11. The van der Waals surface area contributed by atoms with Gasteiger partial charge in [0.05, 0.1) is 24.3 Å². The van der Waals surface area contributed by atoms with Crippen molar-refractivity contribution in [3.8, 4) is 5.75 Å². The van der Waals surface area contributed by atoms with Gasteiger partial charge in [-0.2, -0.15) is 0 Å². The van der Waals surface area contributed by atoms with E-state index in [4.69, 9.17) is 41.8 Å². The molecule has 0 bridgehead atoms. The van der Waals surface area contributed by atoms with Crippen LogP contribution >= 0.6 is 34.5 Å². The first kappa shape index (κ1) is 25.6. The number of benzene rings is 1. The van der Waals surface area contributed by atoms with E-state index in [1.54, 1.807) is 31.2 Å². The summed E-state index contributed by atoms with van der Waals surface area (Å²) in [5.41, 5.74) is 0.460. The SMILES string of the molecule is CCCOC(=O)c1c(NC(=O)c2ccc(COc3ccc(Cl)cc3Cl)o2)sc(C(=O)OC)c1C. The number of hydrogen-bond acceptors (Lipinski definition) is 8. The third-order valence-corrected chi connectivity index (χ3v) is 6.25. The topological polar surface area (TPSA) is 104 Å². The molecule has 3 rings (SSSR count). The van der Waals surface area contributed by atoms with Gasteiger partial charge in [-0.15, -0.1) is 11.3 Å². The van der Waals surface area contributed by atoms with Crippen molar-refractivity contribution in [3.05, 3.63) is 67.9 Å². The van der Waals surface area contributed by atoms with Gasteiger partial charge in [0.1, 0.15) is 28.0 Å². The minimum Gasteiger partial charge on any atom is -0.484 e. The van der Waals surface area contributed by atoms with Crippen LogP contribution in [0.2, 0.25) is 10.0 Å². The van der Waals surface area contributed by atoms with Crippen LogP contribution in [0.25, 0.3) is 0 Å². The molecule has 0 aliphatic heterocycles. The van der Waals surface area contributed by atoms with Crippen molar-refractivity contribution in [1.29, 1.82) is 0 Å². The second-order valence-electron chi connectivity index (χ2n) is 6.97. The van der Waals surface area contributed by atoms with Gasteiger partial charge in [0.15, 0.2) is 5.76 Å². The standard InChI is InChI=1S/C23H21Cl2NO7S/c1-4-9-31-22(28)18-12(2)19(23(29)30-3)34-21(18)26-20(27)17-8-6-14(33-17)11-32-16-7-5-13(24)10-15(16)25/h5-8,10H,4,9,11H2,1-3H3,(H,26,27). The van der Waals surface area contributed by atoms with Crippen molar-refractivity contribution in [2.24, 2.45) is 0 Å². The van der Waals surface area contributed by atoms with Gasteiger partial charge >= 0.3 is 11.9 Å². The highest BCUT2D eigenvalue weighted by atomic mass is 35.5. The minimum atomic E-state index is -0.644. The van der Waals surface area contributed by atoms with Gasteiger partial charge in [0, 0.05) is 5.02 Å². The average molecular weight is 526 g/mol. The molecule has 11 heteroatoms. The summed E-state index contributed by atoms with van der Waals surface area (Å²) in [6.45, 7) is 3.67. The number of methoxy groups -OCH3 is 1. The number of carbonyl (C=O) groups excluding carboxylic acids is 3. The quantitative estimate of drug-likeness (QED) is 0.334. The Bertz CT molecular complexity index is 1220. The van der Waals surface area contributed by atoms with E-state index < -0.39 is 17.8 Å². The fourth-order valence-corrected chi connectivity index (χ4v) is 4.46. The second kappa shape index (κ2) is 11.4. The Morgan fingerprint density at radius 2 is 1.88 bits per heavy atom. The third-order valence-electron chi connectivity index (χ3n) is 4.54. The summed E-state index contributed by atoms with van der Waals surface area (Å²) < 4.78 is 21.2. The predicted octanol–water partition coefficient (Wildman–Crippen LogP) is 6.14. The minimum absolute atomic E-state index is 0.0145. The molecule has 0 aliphatic carbocycles. The molecule has 8 nitrogen and oxygen atoms in total. The lowest BCUT2D eigenvalue weighted by Gasteiger charge is -2.07. The fraction of sp³-hybridized carbons (Fsp3) is 0.261. The van der Waals surface area contributed by atoms with Crippen molar-refractivity contribution in [2.45, 2.75) is 26.9 Å². The van der Waals surface area contributed by atoms with Crippen LogP contribution in [-0.2, 0) is 16.1 Å². The molecule has 0 aliphatic rings. The molecule has 3 aromatic rings. The van der Waals surface area contributed by atoms with Crippen LogP contribution in [-0.4, -0.2) is 31.6 Å².